The molecule has 0 aliphatic carbocycles. The monoisotopic (exact) mass is 438 g/mol. The molecule has 0 saturated carbocycles. The van der Waals surface area contributed by atoms with Gasteiger partial charge in [-0.1, -0.05) is 30.3 Å². The van der Waals surface area contributed by atoms with E-state index >= 15 is 0 Å². The molecule has 3 N–H and O–H groups in total. The van der Waals surface area contributed by atoms with Gasteiger partial charge in [0.15, 0.2) is 0 Å². The molecular weight excluding hydrogens is 412 g/mol. The molecule has 0 radical (unpaired) electrons. The highest BCUT2D eigenvalue weighted by atomic mass is 16.6. The highest BCUT2D eigenvalue weighted by Crippen LogP contribution is 2.14. The molecule has 1 rings (SSSR count). The molecule has 0 aliphatic heterocycles. The smallest absolute Gasteiger partial charge is 0.407 e. The van der Waals surface area contributed by atoms with Gasteiger partial charge in [0.1, 0.15) is 19.2 Å². The van der Waals surface area contributed by atoms with Crippen LogP contribution in [-0.2, 0) is 40.0 Å². The van der Waals surface area contributed by atoms with Gasteiger partial charge >= 0.3 is 24.0 Å². The first-order valence-electron chi connectivity index (χ1n) is 9.57. The number of carboxylic acids is 1. The molecule has 2 amide bonds. The number of carbonyl (C=O) groups excluding carboxylic acids is 4. The van der Waals surface area contributed by atoms with Crippen LogP contribution in [0.25, 0.3) is 0 Å². The average Bonchev–Trinajstić information content (AvgIpc) is 2.74. The van der Waals surface area contributed by atoms with Crippen molar-refractivity contribution in [2.24, 2.45) is 5.92 Å². The minimum atomic E-state index is -1.77. The van der Waals surface area contributed by atoms with E-state index < -0.39 is 54.8 Å². The van der Waals surface area contributed by atoms with Crippen LogP contribution < -0.4 is 10.6 Å². The lowest BCUT2D eigenvalue weighted by atomic mass is 9.96. The fourth-order valence-electron chi connectivity index (χ4n) is 2.47. The van der Waals surface area contributed by atoms with Crippen molar-refractivity contribution < 1.29 is 43.3 Å². The Morgan fingerprint density at radius 3 is 2.19 bits per heavy atom. The lowest BCUT2D eigenvalue weighted by Crippen LogP contribution is -2.52. The maximum Gasteiger partial charge on any atom is 0.407 e. The highest BCUT2D eigenvalue weighted by Gasteiger charge is 2.38. The summed E-state index contributed by atoms with van der Waals surface area (Å²) in [5.41, 5.74) is 0.740. The summed E-state index contributed by atoms with van der Waals surface area (Å²) in [7, 11) is 0. The van der Waals surface area contributed by atoms with Gasteiger partial charge < -0.3 is 30.0 Å². The second-order valence-electron chi connectivity index (χ2n) is 6.17. The third kappa shape index (κ3) is 9.61. The van der Waals surface area contributed by atoms with Crippen LogP contribution in [-0.4, -0.2) is 60.8 Å². The van der Waals surface area contributed by atoms with E-state index in [-0.39, 0.29) is 19.8 Å². The lowest BCUT2D eigenvalue weighted by molar-refractivity contribution is -0.160. The average molecular weight is 438 g/mol. The van der Waals surface area contributed by atoms with Gasteiger partial charge in [0.05, 0.1) is 25.6 Å². The molecule has 2 atom stereocenters. The Balaban J connectivity index is 2.67. The van der Waals surface area contributed by atoms with Crippen LogP contribution in [0.4, 0.5) is 4.79 Å². The first-order chi connectivity index (χ1) is 14.8. The maximum absolute atomic E-state index is 12.2. The summed E-state index contributed by atoms with van der Waals surface area (Å²) in [5, 5.41) is 13.7. The molecule has 0 unspecified atom stereocenters. The molecule has 0 bridgehead atoms. The highest BCUT2D eigenvalue weighted by molar-refractivity contribution is 5.91. The van der Waals surface area contributed by atoms with Crippen LogP contribution in [0, 0.1) is 5.92 Å². The minimum absolute atomic E-state index is 0.0173. The fourth-order valence-corrected chi connectivity index (χ4v) is 2.47. The number of ether oxygens (including phenoxy) is 3. The van der Waals surface area contributed by atoms with Crippen molar-refractivity contribution in [1.82, 2.24) is 10.6 Å². The summed E-state index contributed by atoms with van der Waals surface area (Å²) < 4.78 is 14.5. The molecule has 31 heavy (non-hydrogen) atoms. The standard InChI is InChI=1S/C20H26N2O9/c1-3-29-16(24)10-14(19(27)30-4-2)17(18(25)26)22-15(23)11-21-20(28)31-12-13-8-6-5-7-9-13/h5-9,14,17H,3-4,10-12H2,1-2H3,(H,21,28)(H,22,23)(H,25,26)/t14-,17-/m0/s1. The first kappa shape index (κ1) is 25.4. The first-order valence-corrected chi connectivity index (χ1v) is 9.57. The number of amides is 2. The molecule has 0 saturated heterocycles. The van der Waals surface area contributed by atoms with Crippen LogP contribution in [0.1, 0.15) is 25.8 Å². The Morgan fingerprint density at radius 2 is 1.61 bits per heavy atom. The number of aliphatic carboxylic acids is 1. The Morgan fingerprint density at radius 1 is 0.968 bits per heavy atom. The topological polar surface area (TPSA) is 157 Å². The molecule has 170 valence electrons. The summed E-state index contributed by atoms with van der Waals surface area (Å²) in [4.78, 5) is 59.4. The Hall–Kier alpha value is -3.63. The molecule has 0 aliphatic rings. The molecule has 0 fully saturated rings. The van der Waals surface area contributed by atoms with Crippen LogP contribution in [0.2, 0.25) is 0 Å². The number of esters is 2. The normalized spacial score (nSPS) is 12.1. The number of carboxylic acid groups (broad SMARTS) is 1. The van der Waals surface area contributed by atoms with Gasteiger partial charge in [-0.25, -0.2) is 9.59 Å². The van der Waals surface area contributed by atoms with E-state index in [0.717, 1.165) is 5.56 Å². The van der Waals surface area contributed by atoms with Gasteiger partial charge in [0.25, 0.3) is 0 Å². The molecular formula is C20H26N2O9. The van der Waals surface area contributed by atoms with Crippen LogP contribution in [0.5, 0.6) is 0 Å². The van der Waals surface area contributed by atoms with E-state index in [1.807, 2.05) is 0 Å². The summed E-state index contributed by atoms with van der Waals surface area (Å²) >= 11 is 0. The number of benzene rings is 1. The molecule has 0 heterocycles. The van der Waals surface area contributed by atoms with Gasteiger partial charge in [0.2, 0.25) is 5.91 Å². The van der Waals surface area contributed by atoms with Crippen molar-refractivity contribution in [3.8, 4) is 0 Å². The van der Waals surface area contributed by atoms with Crippen LogP contribution in [0.3, 0.4) is 0 Å². The molecule has 1 aromatic carbocycles. The van der Waals surface area contributed by atoms with Crippen molar-refractivity contribution in [2.45, 2.75) is 32.9 Å². The van der Waals surface area contributed by atoms with E-state index in [9.17, 15) is 29.1 Å². The second-order valence-corrected chi connectivity index (χ2v) is 6.17. The number of hydrogen-bond donors (Lipinski definition) is 3. The minimum Gasteiger partial charge on any atom is -0.480 e. The van der Waals surface area contributed by atoms with Crippen LogP contribution in [0.15, 0.2) is 30.3 Å². The van der Waals surface area contributed by atoms with E-state index in [1.54, 1.807) is 37.3 Å². The van der Waals surface area contributed by atoms with E-state index in [4.69, 9.17) is 14.2 Å². The lowest BCUT2D eigenvalue weighted by Gasteiger charge is -2.22. The van der Waals surface area contributed by atoms with Gasteiger partial charge in [-0.3, -0.25) is 14.4 Å². The summed E-state index contributed by atoms with van der Waals surface area (Å²) in [6.07, 6.45) is -1.49. The summed E-state index contributed by atoms with van der Waals surface area (Å²) in [5.74, 6) is -5.75. The zero-order chi connectivity index (χ0) is 23.2. The molecule has 11 heteroatoms. The van der Waals surface area contributed by atoms with Crippen molar-refractivity contribution in [3.63, 3.8) is 0 Å². The predicted molar refractivity (Wildman–Crippen MR) is 106 cm³/mol. The van der Waals surface area contributed by atoms with Gasteiger partial charge in [0, 0.05) is 0 Å². The maximum atomic E-state index is 12.2. The number of hydrogen-bond acceptors (Lipinski definition) is 8. The summed E-state index contributed by atoms with van der Waals surface area (Å²) in [6, 6.07) is 7.07. The van der Waals surface area contributed by atoms with Crippen molar-refractivity contribution in [3.05, 3.63) is 35.9 Å². The van der Waals surface area contributed by atoms with E-state index in [1.165, 1.54) is 6.92 Å². The van der Waals surface area contributed by atoms with Crippen LogP contribution >= 0.6 is 0 Å². The molecule has 1 aromatic rings. The number of nitrogens with one attached hydrogen (secondary N) is 2. The molecule has 0 spiro atoms. The quantitative estimate of drug-likeness (QED) is 0.314. The third-order valence-electron chi connectivity index (χ3n) is 3.87. The Labute approximate surface area is 179 Å². The zero-order valence-corrected chi connectivity index (χ0v) is 17.3. The van der Waals surface area contributed by atoms with Gasteiger partial charge in [-0.15, -0.1) is 0 Å². The summed E-state index contributed by atoms with van der Waals surface area (Å²) in [6.45, 7) is 2.43. The molecule has 11 nitrogen and oxygen atoms in total. The number of rotatable bonds is 12. The van der Waals surface area contributed by atoms with Crippen molar-refractivity contribution in [2.75, 3.05) is 19.8 Å². The van der Waals surface area contributed by atoms with Crippen molar-refractivity contribution >= 4 is 29.9 Å². The largest absolute Gasteiger partial charge is 0.480 e. The zero-order valence-electron chi connectivity index (χ0n) is 17.3. The van der Waals surface area contributed by atoms with Gasteiger partial charge in [-0.2, -0.15) is 0 Å². The van der Waals surface area contributed by atoms with Crippen molar-refractivity contribution in [1.29, 1.82) is 0 Å². The SMILES string of the molecule is CCOC(=O)C[C@H](C(=O)OCC)[C@H](NC(=O)CNC(=O)OCc1ccccc1)C(=O)O. The van der Waals surface area contributed by atoms with Gasteiger partial charge in [-0.05, 0) is 19.4 Å². The molecule has 0 aromatic heterocycles. The number of carbonyl (C=O) groups is 5. The second kappa shape index (κ2) is 13.6. The Kier molecular flexibility index (Phi) is 11.1. The number of alkyl carbamates (subject to hydrolysis) is 1. The third-order valence-corrected chi connectivity index (χ3v) is 3.87. The van der Waals surface area contributed by atoms with E-state index in [0.29, 0.717) is 0 Å². The Bertz CT molecular complexity index is 767. The predicted octanol–water partition coefficient (Wildman–Crippen LogP) is 0.615. The van der Waals surface area contributed by atoms with E-state index in [2.05, 4.69) is 10.6 Å². The fraction of sp³-hybridized carbons (Fsp3) is 0.450.